The Kier molecular flexibility index (Phi) is 4.15. The highest BCUT2D eigenvalue weighted by Gasteiger charge is 2.24. The Morgan fingerprint density at radius 3 is 2.96 bits per heavy atom. The molecule has 6 nitrogen and oxygen atoms in total. The highest BCUT2D eigenvalue weighted by atomic mass is 19.1. The quantitative estimate of drug-likeness (QED) is 0.870. The van der Waals surface area contributed by atoms with Crippen molar-refractivity contribution in [2.45, 2.75) is 12.5 Å². The van der Waals surface area contributed by atoms with E-state index in [0.29, 0.717) is 30.8 Å². The normalized spacial score (nSPS) is 16.9. The molecule has 1 aromatic heterocycles. The van der Waals surface area contributed by atoms with Gasteiger partial charge in [-0.25, -0.2) is 14.4 Å². The number of benzene rings is 1. The maximum Gasteiger partial charge on any atom is 0.254 e. The number of halogens is 1. The lowest BCUT2D eigenvalue weighted by Gasteiger charge is -2.13. The van der Waals surface area contributed by atoms with Gasteiger partial charge < -0.3 is 10.2 Å². The van der Waals surface area contributed by atoms with E-state index in [1.807, 2.05) is 6.19 Å². The van der Waals surface area contributed by atoms with Crippen molar-refractivity contribution < 1.29 is 9.18 Å². The van der Waals surface area contributed by atoms with Crippen molar-refractivity contribution in [3.63, 3.8) is 0 Å². The summed E-state index contributed by atoms with van der Waals surface area (Å²) in [5, 5.41) is 11.6. The Labute approximate surface area is 132 Å². The van der Waals surface area contributed by atoms with Gasteiger partial charge in [-0.1, -0.05) is 6.07 Å². The first-order valence-corrected chi connectivity index (χ1v) is 7.19. The Balaban J connectivity index is 1.73. The van der Waals surface area contributed by atoms with Crippen LogP contribution in [0.4, 0.5) is 4.39 Å². The SMILES string of the molecule is N#CN1CC[C@@H](NC(=O)c2ccc(-c3ccncn3)cc2F)C1. The number of rotatable bonds is 3. The van der Waals surface area contributed by atoms with Crippen LogP contribution in [0, 0.1) is 17.3 Å². The number of likely N-dealkylation sites (tertiary alicyclic amines) is 1. The monoisotopic (exact) mass is 311 g/mol. The third-order valence-electron chi connectivity index (χ3n) is 3.76. The molecule has 1 fully saturated rings. The maximum absolute atomic E-state index is 14.2. The molecule has 1 saturated heterocycles. The van der Waals surface area contributed by atoms with E-state index in [1.54, 1.807) is 23.2 Å². The fraction of sp³-hybridized carbons (Fsp3) is 0.250. The second-order valence-electron chi connectivity index (χ2n) is 5.29. The molecule has 1 aliphatic rings. The second kappa shape index (κ2) is 6.40. The molecule has 2 aromatic rings. The summed E-state index contributed by atoms with van der Waals surface area (Å²) in [4.78, 5) is 21.6. The summed E-state index contributed by atoms with van der Waals surface area (Å²) in [6.45, 7) is 1.07. The number of aromatic nitrogens is 2. The van der Waals surface area contributed by atoms with E-state index >= 15 is 0 Å². The van der Waals surface area contributed by atoms with Gasteiger partial charge in [0.1, 0.15) is 12.1 Å². The first-order valence-electron chi connectivity index (χ1n) is 7.19. The summed E-state index contributed by atoms with van der Waals surface area (Å²) < 4.78 is 14.2. The Hall–Kier alpha value is -3.01. The smallest absolute Gasteiger partial charge is 0.254 e. The lowest BCUT2D eigenvalue weighted by molar-refractivity contribution is 0.0935. The van der Waals surface area contributed by atoms with Crippen LogP contribution in [-0.4, -0.2) is 39.9 Å². The zero-order chi connectivity index (χ0) is 16.2. The first-order chi connectivity index (χ1) is 11.2. The lowest BCUT2D eigenvalue weighted by atomic mass is 10.1. The van der Waals surface area contributed by atoms with Crippen LogP contribution < -0.4 is 5.32 Å². The molecule has 7 heteroatoms. The van der Waals surface area contributed by atoms with Crippen molar-refractivity contribution in [1.82, 2.24) is 20.2 Å². The van der Waals surface area contributed by atoms with E-state index < -0.39 is 11.7 Å². The highest BCUT2D eigenvalue weighted by Crippen LogP contribution is 2.20. The van der Waals surface area contributed by atoms with E-state index in [1.165, 1.54) is 18.5 Å². The predicted molar refractivity (Wildman–Crippen MR) is 80.5 cm³/mol. The molecule has 0 aliphatic carbocycles. The topological polar surface area (TPSA) is 81.9 Å². The van der Waals surface area contributed by atoms with E-state index in [9.17, 15) is 9.18 Å². The van der Waals surface area contributed by atoms with Crippen molar-refractivity contribution in [2.24, 2.45) is 0 Å². The van der Waals surface area contributed by atoms with Gasteiger partial charge in [-0.2, -0.15) is 5.26 Å². The van der Waals surface area contributed by atoms with Crippen LogP contribution in [0.15, 0.2) is 36.8 Å². The first kappa shape index (κ1) is 14.9. The van der Waals surface area contributed by atoms with Gasteiger partial charge in [0.2, 0.25) is 0 Å². The summed E-state index contributed by atoms with van der Waals surface area (Å²) in [7, 11) is 0. The standard InChI is InChI=1S/C16H14FN5O/c17-14-7-11(15-3-5-19-10-20-15)1-2-13(14)16(23)21-12-4-6-22(8-12)9-18/h1-3,5,7,10,12H,4,6,8H2,(H,21,23)/t12-/m1/s1. The zero-order valence-electron chi connectivity index (χ0n) is 12.2. The second-order valence-corrected chi connectivity index (χ2v) is 5.29. The van der Waals surface area contributed by atoms with Gasteiger partial charge in [0.05, 0.1) is 11.3 Å². The number of nitriles is 1. The largest absolute Gasteiger partial charge is 0.347 e. The number of nitrogens with zero attached hydrogens (tertiary/aromatic N) is 4. The molecule has 3 rings (SSSR count). The van der Waals surface area contributed by atoms with Crippen LogP contribution >= 0.6 is 0 Å². The summed E-state index contributed by atoms with van der Waals surface area (Å²) >= 11 is 0. The van der Waals surface area contributed by atoms with Gasteiger partial charge in [0, 0.05) is 30.9 Å². The molecule has 23 heavy (non-hydrogen) atoms. The minimum absolute atomic E-state index is 0.0155. The molecule has 1 aliphatic heterocycles. The van der Waals surface area contributed by atoms with Crippen molar-refractivity contribution in [2.75, 3.05) is 13.1 Å². The molecule has 1 N–H and O–H groups in total. The molecule has 1 amide bonds. The molecule has 0 radical (unpaired) electrons. The molecule has 1 aromatic carbocycles. The van der Waals surface area contributed by atoms with Crippen molar-refractivity contribution in [1.29, 1.82) is 5.26 Å². The molecule has 116 valence electrons. The molecule has 0 spiro atoms. The predicted octanol–water partition coefficient (Wildman–Crippen LogP) is 1.57. The molecular formula is C16H14FN5O. The average molecular weight is 311 g/mol. The summed E-state index contributed by atoms with van der Waals surface area (Å²) in [6, 6.07) is 5.91. The third-order valence-corrected chi connectivity index (χ3v) is 3.76. The summed E-state index contributed by atoms with van der Waals surface area (Å²) in [5.74, 6) is -1.07. The Bertz CT molecular complexity index is 759. The van der Waals surface area contributed by atoms with Gasteiger partial charge in [0.25, 0.3) is 5.91 Å². The summed E-state index contributed by atoms with van der Waals surface area (Å²) in [5.41, 5.74) is 1.16. The van der Waals surface area contributed by atoms with E-state index in [-0.39, 0.29) is 11.6 Å². The number of amides is 1. The number of carbonyl (C=O) groups excluding carboxylic acids is 1. The molecular weight excluding hydrogens is 297 g/mol. The van der Waals surface area contributed by atoms with Gasteiger partial charge in [0.15, 0.2) is 6.19 Å². The van der Waals surface area contributed by atoms with Gasteiger partial charge in [-0.15, -0.1) is 0 Å². The van der Waals surface area contributed by atoms with Crippen LogP contribution in [0.1, 0.15) is 16.8 Å². The van der Waals surface area contributed by atoms with Crippen LogP contribution in [0.25, 0.3) is 11.3 Å². The van der Waals surface area contributed by atoms with Crippen LogP contribution in [0.2, 0.25) is 0 Å². The average Bonchev–Trinajstić information content (AvgIpc) is 3.03. The van der Waals surface area contributed by atoms with Crippen molar-refractivity contribution >= 4 is 5.91 Å². The fourth-order valence-electron chi connectivity index (χ4n) is 2.55. The van der Waals surface area contributed by atoms with Crippen LogP contribution in [0.5, 0.6) is 0 Å². The van der Waals surface area contributed by atoms with E-state index in [0.717, 1.165) is 0 Å². The minimum Gasteiger partial charge on any atom is -0.347 e. The van der Waals surface area contributed by atoms with Crippen molar-refractivity contribution in [3.8, 4) is 17.5 Å². The number of nitrogens with one attached hydrogen (secondary N) is 1. The molecule has 2 heterocycles. The molecule has 0 saturated carbocycles. The Morgan fingerprint density at radius 1 is 1.43 bits per heavy atom. The molecule has 0 bridgehead atoms. The lowest BCUT2D eigenvalue weighted by Crippen LogP contribution is -2.36. The third kappa shape index (κ3) is 3.26. The minimum atomic E-state index is -0.603. The van der Waals surface area contributed by atoms with Gasteiger partial charge in [-0.05, 0) is 24.6 Å². The number of hydrogen-bond donors (Lipinski definition) is 1. The Morgan fingerprint density at radius 2 is 2.30 bits per heavy atom. The zero-order valence-corrected chi connectivity index (χ0v) is 12.2. The summed E-state index contributed by atoms with van der Waals surface area (Å²) in [6.07, 6.45) is 5.68. The van der Waals surface area contributed by atoms with Gasteiger partial charge in [-0.3, -0.25) is 4.79 Å². The molecule has 0 unspecified atom stereocenters. The fourth-order valence-corrected chi connectivity index (χ4v) is 2.55. The van der Waals surface area contributed by atoms with E-state index in [2.05, 4.69) is 15.3 Å². The van der Waals surface area contributed by atoms with Crippen LogP contribution in [0.3, 0.4) is 0 Å². The molecule has 1 atom stereocenters. The van der Waals surface area contributed by atoms with E-state index in [4.69, 9.17) is 5.26 Å². The van der Waals surface area contributed by atoms with Crippen LogP contribution in [-0.2, 0) is 0 Å². The van der Waals surface area contributed by atoms with Crippen molar-refractivity contribution in [3.05, 3.63) is 48.2 Å². The van der Waals surface area contributed by atoms with Gasteiger partial charge >= 0.3 is 0 Å². The number of hydrogen-bond acceptors (Lipinski definition) is 5. The maximum atomic E-state index is 14.2. The highest BCUT2D eigenvalue weighted by molar-refractivity contribution is 5.95. The number of carbonyl (C=O) groups is 1.